The lowest BCUT2D eigenvalue weighted by Crippen LogP contribution is -2.29. The summed E-state index contributed by atoms with van der Waals surface area (Å²) in [6, 6.07) is 7.24. The Labute approximate surface area is 93.1 Å². The van der Waals surface area contributed by atoms with E-state index in [0.29, 0.717) is 17.4 Å². The average Bonchev–Trinajstić information content (AvgIpc) is 2.33. The molecular formula is C11H14N4O. The Morgan fingerprint density at radius 1 is 1.38 bits per heavy atom. The molecule has 1 aromatic carbocycles. The highest BCUT2D eigenvalue weighted by atomic mass is 16.1. The van der Waals surface area contributed by atoms with E-state index in [4.69, 9.17) is 0 Å². The van der Waals surface area contributed by atoms with E-state index in [1.54, 1.807) is 12.1 Å². The first kappa shape index (κ1) is 10.8. The maximum Gasteiger partial charge on any atom is 0.277 e. The number of likely N-dealkylation sites (N-methyl/N-ethyl adjacent to an activating group) is 1. The van der Waals surface area contributed by atoms with Crippen LogP contribution in [0.4, 0.5) is 0 Å². The van der Waals surface area contributed by atoms with E-state index >= 15 is 0 Å². The van der Waals surface area contributed by atoms with Crippen LogP contribution in [0.15, 0.2) is 29.1 Å². The Balaban J connectivity index is 2.33. The van der Waals surface area contributed by atoms with E-state index in [-0.39, 0.29) is 5.56 Å². The number of rotatable bonds is 4. The van der Waals surface area contributed by atoms with Crippen molar-refractivity contribution in [1.82, 2.24) is 20.3 Å². The zero-order valence-corrected chi connectivity index (χ0v) is 9.18. The average molecular weight is 218 g/mol. The van der Waals surface area contributed by atoms with Crippen molar-refractivity contribution < 1.29 is 0 Å². The van der Waals surface area contributed by atoms with Crippen LogP contribution in [-0.2, 0) is 6.54 Å². The standard InChI is InChI=1S/C11H14N4O/c1-2-12-7-8-15-11(16)9-5-3-4-6-10(9)13-14-15/h3-6,12H,2,7-8H2,1H3. The molecule has 2 rings (SSSR count). The number of fused-ring (bicyclic) bond motifs is 1. The SMILES string of the molecule is CCNCCn1nnc2ccccc2c1=O. The summed E-state index contributed by atoms with van der Waals surface area (Å²) in [6.45, 7) is 4.18. The van der Waals surface area contributed by atoms with Crippen LogP contribution in [0, 0.1) is 0 Å². The van der Waals surface area contributed by atoms with E-state index in [0.717, 1.165) is 13.1 Å². The molecule has 0 aliphatic carbocycles. The first-order valence-corrected chi connectivity index (χ1v) is 5.36. The van der Waals surface area contributed by atoms with Crippen LogP contribution in [-0.4, -0.2) is 28.1 Å². The summed E-state index contributed by atoms with van der Waals surface area (Å²) in [5.74, 6) is 0. The van der Waals surface area contributed by atoms with Gasteiger partial charge < -0.3 is 5.32 Å². The molecule has 1 aromatic heterocycles. The zero-order chi connectivity index (χ0) is 11.4. The van der Waals surface area contributed by atoms with Gasteiger partial charge in [-0.1, -0.05) is 24.3 Å². The highest BCUT2D eigenvalue weighted by molar-refractivity contribution is 5.76. The highest BCUT2D eigenvalue weighted by Crippen LogP contribution is 2.02. The van der Waals surface area contributed by atoms with Crippen molar-refractivity contribution in [1.29, 1.82) is 0 Å². The summed E-state index contributed by atoms with van der Waals surface area (Å²) in [5.41, 5.74) is 0.565. The number of nitrogens with zero attached hydrogens (tertiary/aromatic N) is 3. The van der Waals surface area contributed by atoms with Gasteiger partial charge in [-0.25, -0.2) is 4.68 Å². The van der Waals surface area contributed by atoms with Crippen LogP contribution in [0.1, 0.15) is 6.92 Å². The van der Waals surface area contributed by atoms with Gasteiger partial charge in [0.1, 0.15) is 5.52 Å². The predicted molar refractivity (Wildman–Crippen MR) is 62.3 cm³/mol. The molecule has 0 atom stereocenters. The molecule has 0 amide bonds. The second-order valence-electron chi connectivity index (χ2n) is 3.49. The third-order valence-corrected chi connectivity index (χ3v) is 2.38. The Bertz CT molecular complexity index is 535. The smallest absolute Gasteiger partial charge is 0.277 e. The molecule has 16 heavy (non-hydrogen) atoms. The van der Waals surface area contributed by atoms with Gasteiger partial charge in [0, 0.05) is 6.54 Å². The molecule has 1 N–H and O–H groups in total. The van der Waals surface area contributed by atoms with Crippen molar-refractivity contribution in [3.05, 3.63) is 34.6 Å². The molecule has 0 saturated carbocycles. The van der Waals surface area contributed by atoms with Gasteiger partial charge >= 0.3 is 0 Å². The van der Waals surface area contributed by atoms with Crippen molar-refractivity contribution in [2.45, 2.75) is 13.5 Å². The molecular weight excluding hydrogens is 204 g/mol. The summed E-state index contributed by atoms with van der Waals surface area (Å²) in [6.07, 6.45) is 0. The van der Waals surface area contributed by atoms with Crippen molar-refractivity contribution in [3.8, 4) is 0 Å². The van der Waals surface area contributed by atoms with E-state index in [1.165, 1.54) is 4.68 Å². The summed E-state index contributed by atoms with van der Waals surface area (Å²) in [4.78, 5) is 12.0. The maximum absolute atomic E-state index is 12.0. The lowest BCUT2D eigenvalue weighted by Gasteiger charge is -2.04. The summed E-state index contributed by atoms with van der Waals surface area (Å²) in [5, 5.41) is 11.7. The van der Waals surface area contributed by atoms with E-state index < -0.39 is 0 Å². The largest absolute Gasteiger partial charge is 0.315 e. The molecule has 0 unspecified atom stereocenters. The van der Waals surface area contributed by atoms with Crippen LogP contribution < -0.4 is 10.9 Å². The zero-order valence-electron chi connectivity index (χ0n) is 9.18. The molecule has 0 bridgehead atoms. The topological polar surface area (TPSA) is 59.8 Å². The Hall–Kier alpha value is -1.75. The minimum atomic E-state index is -0.0801. The first-order valence-electron chi connectivity index (χ1n) is 5.36. The fraction of sp³-hybridized carbons (Fsp3) is 0.364. The quantitative estimate of drug-likeness (QED) is 0.755. The maximum atomic E-state index is 12.0. The molecule has 5 heteroatoms. The number of aromatic nitrogens is 3. The normalized spacial score (nSPS) is 10.8. The minimum Gasteiger partial charge on any atom is -0.315 e. The molecule has 0 aliphatic heterocycles. The van der Waals surface area contributed by atoms with E-state index in [9.17, 15) is 4.79 Å². The Morgan fingerprint density at radius 3 is 3.00 bits per heavy atom. The van der Waals surface area contributed by atoms with Gasteiger partial charge in [0.2, 0.25) is 0 Å². The van der Waals surface area contributed by atoms with Gasteiger partial charge in [-0.05, 0) is 18.7 Å². The lowest BCUT2D eigenvalue weighted by molar-refractivity contribution is 0.520. The van der Waals surface area contributed by atoms with Gasteiger partial charge in [-0.3, -0.25) is 4.79 Å². The second kappa shape index (κ2) is 4.85. The monoisotopic (exact) mass is 218 g/mol. The summed E-state index contributed by atoms with van der Waals surface area (Å²) in [7, 11) is 0. The van der Waals surface area contributed by atoms with Gasteiger partial charge in [-0.15, -0.1) is 5.10 Å². The molecule has 0 radical (unpaired) electrons. The van der Waals surface area contributed by atoms with Gasteiger partial charge in [0.15, 0.2) is 0 Å². The Morgan fingerprint density at radius 2 is 2.19 bits per heavy atom. The number of hydrogen-bond acceptors (Lipinski definition) is 4. The fourth-order valence-corrected chi connectivity index (χ4v) is 1.53. The van der Waals surface area contributed by atoms with Gasteiger partial charge in [0.05, 0.1) is 11.9 Å². The molecule has 0 fully saturated rings. The summed E-state index contributed by atoms with van der Waals surface area (Å²) < 4.78 is 1.39. The molecule has 0 saturated heterocycles. The molecule has 2 aromatic rings. The first-order chi connectivity index (χ1) is 7.83. The van der Waals surface area contributed by atoms with Crippen molar-refractivity contribution in [3.63, 3.8) is 0 Å². The Kier molecular flexibility index (Phi) is 3.26. The fourth-order valence-electron chi connectivity index (χ4n) is 1.53. The summed E-state index contributed by atoms with van der Waals surface area (Å²) >= 11 is 0. The highest BCUT2D eigenvalue weighted by Gasteiger charge is 2.03. The molecule has 1 heterocycles. The van der Waals surface area contributed by atoms with Crippen molar-refractivity contribution in [2.24, 2.45) is 0 Å². The van der Waals surface area contributed by atoms with E-state index in [2.05, 4.69) is 15.6 Å². The minimum absolute atomic E-state index is 0.0801. The van der Waals surface area contributed by atoms with Crippen molar-refractivity contribution in [2.75, 3.05) is 13.1 Å². The number of benzene rings is 1. The predicted octanol–water partition coefficient (Wildman–Crippen LogP) is 0.401. The van der Waals surface area contributed by atoms with Gasteiger partial charge in [-0.2, -0.15) is 0 Å². The third kappa shape index (κ3) is 2.09. The molecule has 0 spiro atoms. The van der Waals surface area contributed by atoms with Crippen LogP contribution in [0.25, 0.3) is 10.9 Å². The molecule has 84 valence electrons. The molecule has 0 aliphatic rings. The van der Waals surface area contributed by atoms with Crippen LogP contribution >= 0.6 is 0 Å². The lowest BCUT2D eigenvalue weighted by atomic mass is 10.2. The van der Waals surface area contributed by atoms with E-state index in [1.807, 2.05) is 19.1 Å². The van der Waals surface area contributed by atoms with Crippen LogP contribution in [0.5, 0.6) is 0 Å². The van der Waals surface area contributed by atoms with Crippen molar-refractivity contribution >= 4 is 10.9 Å². The molecule has 5 nitrogen and oxygen atoms in total. The second-order valence-corrected chi connectivity index (χ2v) is 3.49. The number of nitrogens with one attached hydrogen (secondary N) is 1. The van der Waals surface area contributed by atoms with Gasteiger partial charge in [0.25, 0.3) is 5.56 Å². The van der Waals surface area contributed by atoms with Crippen LogP contribution in [0.3, 0.4) is 0 Å². The third-order valence-electron chi connectivity index (χ3n) is 2.38. The number of hydrogen-bond donors (Lipinski definition) is 1. The van der Waals surface area contributed by atoms with Crippen LogP contribution in [0.2, 0.25) is 0 Å².